The van der Waals surface area contributed by atoms with Crippen LogP contribution in [0, 0.1) is 0 Å². The minimum Gasteiger partial charge on any atom is -0.481 e. The molecular weight excluding hydrogens is 228 g/mol. The second-order valence-electron chi connectivity index (χ2n) is 0.747. The Morgan fingerprint density at radius 1 is 1.57 bits per heavy atom. The number of carboxylic acids is 1. The lowest BCUT2D eigenvalue weighted by molar-refractivity contribution is -0.136. The van der Waals surface area contributed by atoms with Gasteiger partial charge in [-0.05, 0) is 0 Å². The number of hydrogen-bond acceptors (Lipinski definition) is 1. The first kappa shape index (κ1) is 15.7. The van der Waals surface area contributed by atoms with Crippen LogP contribution in [0.5, 0.6) is 0 Å². The molecule has 7 heavy (non-hydrogen) atoms. The molecule has 0 atom stereocenters. The topological polar surface area (TPSA) is 37.3 Å². The summed E-state index contributed by atoms with van der Waals surface area (Å²) in [6.07, 6.45) is 0.222. The summed E-state index contributed by atoms with van der Waals surface area (Å²) >= 11 is 0. The van der Waals surface area contributed by atoms with Gasteiger partial charge in [0.05, 0.1) is 0 Å². The van der Waals surface area contributed by atoms with Gasteiger partial charge >= 0.3 is 5.97 Å². The predicted molar refractivity (Wildman–Crippen MR) is 38.6 cm³/mol. The van der Waals surface area contributed by atoms with Crippen molar-refractivity contribution in [2.75, 3.05) is 0 Å². The van der Waals surface area contributed by atoms with Crippen LogP contribution in [-0.4, -0.2) is 11.1 Å². The van der Waals surface area contributed by atoms with Crippen molar-refractivity contribution in [3.63, 3.8) is 0 Å². The Hall–Kier alpha value is 0.430. The van der Waals surface area contributed by atoms with Gasteiger partial charge < -0.3 is 5.11 Å². The van der Waals surface area contributed by atoms with Crippen molar-refractivity contribution in [1.29, 1.82) is 0 Å². The molecule has 46 valence electrons. The summed E-state index contributed by atoms with van der Waals surface area (Å²) in [6, 6.07) is 0. The highest BCUT2D eigenvalue weighted by Gasteiger charge is 1.80. The number of hydrogen-bond donors (Lipinski definition) is 1. The van der Waals surface area contributed by atoms with Crippen LogP contribution < -0.4 is 0 Å². The highest BCUT2D eigenvalue weighted by atomic mass is 79.9. The fourth-order valence-electron chi connectivity index (χ4n) is 0. The van der Waals surface area contributed by atoms with Crippen LogP contribution in [0.15, 0.2) is 0 Å². The van der Waals surface area contributed by atoms with Crippen LogP contribution in [0.1, 0.15) is 13.3 Å². The van der Waals surface area contributed by atoms with Gasteiger partial charge in [0.25, 0.3) is 0 Å². The fraction of sp³-hybridized carbons (Fsp3) is 0.667. The van der Waals surface area contributed by atoms with E-state index in [9.17, 15) is 4.79 Å². The molecule has 0 aromatic rings. The summed E-state index contributed by atoms with van der Waals surface area (Å²) in [6.45, 7) is 1.60. The number of rotatable bonds is 1. The first-order chi connectivity index (χ1) is 2.27. The molecule has 0 heterocycles. The zero-order chi connectivity index (χ0) is 4.28. The van der Waals surface area contributed by atoms with E-state index in [4.69, 9.17) is 5.11 Å². The number of halogens is 2. The quantitative estimate of drug-likeness (QED) is 0.751. The average Bonchev–Trinajstić information content (AvgIpc) is 1.38. The third kappa shape index (κ3) is 21.4. The van der Waals surface area contributed by atoms with Crippen molar-refractivity contribution in [3.8, 4) is 0 Å². The maximum Gasteiger partial charge on any atom is 0.303 e. The van der Waals surface area contributed by atoms with Crippen molar-refractivity contribution >= 4 is 39.9 Å². The monoisotopic (exact) mass is 234 g/mol. The molecule has 0 saturated carbocycles. The molecule has 0 unspecified atom stereocenters. The van der Waals surface area contributed by atoms with Crippen LogP contribution >= 0.6 is 34.0 Å². The lowest BCUT2D eigenvalue weighted by Gasteiger charge is -1.71. The molecule has 0 radical (unpaired) electrons. The molecule has 0 aliphatic rings. The Labute approximate surface area is 63.5 Å². The predicted octanol–water partition coefficient (Wildman–Crippen LogP) is 1.64. The van der Waals surface area contributed by atoms with Gasteiger partial charge in [0.15, 0.2) is 0 Å². The molecule has 0 aliphatic heterocycles. The smallest absolute Gasteiger partial charge is 0.303 e. The van der Waals surface area contributed by atoms with Crippen molar-refractivity contribution < 1.29 is 9.90 Å². The summed E-state index contributed by atoms with van der Waals surface area (Å²) < 4.78 is 0. The third-order valence-corrected chi connectivity index (χ3v) is 0.302. The van der Waals surface area contributed by atoms with Gasteiger partial charge in [-0.15, -0.1) is 34.0 Å². The lowest BCUT2D eigenvalue weighted by atomic mass is 10.5. The third-order valence-electron chi connectivity index (χ3n) is 0.302. The molecule has 0 spiro atoms. The zero-order valence-corrected chi connectivity index (χ0v) is 7.31. The standard InChI is InChI=1S/C3H6O2.2BrH/c1-2-3(4)5;;/h2H2,1H3,(H,4,5);2*1H. The van der Waals surface area contributed by atoms with E-state index in [-0.39, 0.29) is 40.4 Å². The Balaban J connectivity index is -0.0000000800. The second kappa shape index (κ2) is 9.66. The first-order valence-corrected chi connectivity index (χ1v) is 1.49. The van der Waals surface area contributed by atoms with Crippen molar-refractivity contribution in [1.82, 2.24) is 0 Å². The summed E-state index contributed by atoms with van der Waals surface area (Å²) in [5, 5.41) is 7.72. The Bertz CT molecular complexity index is 46.2. The summed E-state index contributed by atoms with van der Waals surface area (Å²) in [5.41, 5.74) is 0. The van der Waals surface area contributed by atoms with Crippen molar-refractivity contribution in [3.05, 3.63) is 0 Å². The van der Waals surface area contributed by atoms with E-state index in [1.807, 2.05) is 0 Å². The Kier molecular flexibility index (Phi) is 21.6. The van der Waals surface area contributed by atoms with Gasteiger partial charge in [0, 0.05) is 6.42 Å². The molecule has 2 nitrogen and oxygen atoms in total. The second-order valence-corrected chi connectivity index (χ2v) is 0.747. The van der Waals surface area contributed by atoms with Gasteiger partial charge in [0.1, 0.15) is 0 Å². The van der Waals surface area contributed by atoms with Crippen LogP contribution in [0.3, 0.4) is 0 Å². The minimum atomic E-state index is -0.745. The van der Waals surface area contributed by atoms with E-state index in [1.54, 1.807) is 6.92 Å². The van der Waals surface area contributed by atoms with Crippen LogP contribution in [0.4, 0.5) is 0 Å². The SMILES string of the molecule is Br.Br.CCC(=O)O. The maximum atomic E-state index is 9.37. The van der Waals surface area contributed by atoms with Crippen molar-refractivity contribution in [2.45, 2.75) is 13.3 Å². The molecule has 0 bridgehead atoms. The lowest BCUT2D eigenvalue weighted by Crippen LogP contribution is -1.86. The highest BCUT2D eigenvalue weighted by Crippen LogP contribution is 1.67. The highest BCUT2D eigenvalue weighted by molar-refractivity contribution is 8.93. The summed E-state index contributed by atoms with van der Waals surface area (Å²) in [4.78, 5) is 9.37. The van der Waals surface area contributed by atoms with Crippen LogP contribution in [0.25, 0.3) is 0 Å². The van der Waals surface area contributed by atoms with E-state index >= 15 is 0 Å². The zero-order valence-electron chi connectivity index (χ0n) is 3.88. The molecule has 1 N–H and O–H groups in total. The molecule has 4 heteroatoms. The van der Waals surface area contributed by atoms with Crippen LogP contribution in [0.2, 0.25) is 0 Å². The molecule has 0 aromatic carbocycles. The number of aliphatic carboxylic acids is 1. The molecule has 0 rings (SSSR count). The largest absolute Gasteiger partial charge is 0.481 e. The summed E-state index contributed by atoms with van der Waals surface area (Å²) in [5.74, 6) is -0.745. The summed E-state index contributed by atoms with van der Waals surface area (Å²) in [7, 11) is 0. The van der Waals surface area contributed by atoms with E-state index in [0.29, 0.717) is 0 Å². The van der Waals surface area contributed by atoms with E-state index in [0.717, 1.165) is 0 Å². The average molecular weight is 236 g/mol. The van der Waals surface area contributed by atoms with E-state index in [2.05, 4.69) is 0 Å². The molecule has 0 fully saturated rings. The van der Waals surface area contributed by atoms with Gasteiger partial charge in [-0.25, -0.2) is 0 Å². The molecule has 0 amide bonds. The molecular formula is C3H8Br2O2. The molecule has 0 aliphatic carbocycles. The molecule has 0 saturated heterocycles. The van der Waals surface area contributed by atoms with Gasteiger partial charge in [-0.2, -0.15) is 0 Å². The number of carboxylic acid groups (broad SMARTS) is 1. The fourth-order valence-corrected chi connectivity index (χ4v) is 0. The Morgan fingerprint density at radius 3 is 1.71 bits per heavy atom. The van der Waals surface area contributed by atoms with Gasteiger partial charge in [-0.3, -0.25) is 4.79 Å². The van der Waals surface area contributed by atoms with E-state index in [1.165, 1.54) is 0 Å². The van der Waals surface area contributed by atoms with Gasteiger partial charge in [0.2, 0.25) is 0 Å². The normalized spacial score (nSPS) is 5.29. The number of carbonyl (C=O) groups is 1. The first-order valence-electron chi connectivity index (χ1n) is 1.49. The van der Waals surface area contributed by atoms with Crippen molar-refractivity contribution in [2.24, 2.45) is 0 Å². The van der Waals surface area contributed by atoms with E-state index < -0.39 is 5.97 Å². The minimum absolute atomic E-state index is 0. The molecule has 0 aromatic heterocycles. The maximum absolute atomic E-state index is 9.37. The van der Waals surface area contributed by atoms with Crippen LogP contribution in [-0.2, 0) is 4.79 Å². The van der Waals surface area contributed by atoms with Gasteiger partial charge in [-0.1, -0.05) is 6.92 Å². The Morgan fingerprint density at radius 2 is 1.71 bits per heavy atom.